The Bertz CT molecular complexity index is 1960. The molecule has 0 amide bonds. The zero-order chi connectivity index (χ0) is 40.6. The van der Waals surface area contributed by atoms with Gasteiger partial charge < -0.3 is 0 Å². The van der Waals surface area contributed by atoms with Gasteiger partial charge in [-0.15, -0.1) is 0 Å². The molecule has 282 valence electrons. The number of carbonyl (C=O) groups is 2. The maximum atomic E-state index is 13.2. The molecule has 0 saturated carbocycles. The van der Waals surface area contributed by atoms with Gasteiger partial charge in [0.15, 0.2) is 11.6 Å². The van der Waals surface area contributed by atoms with Crippen LogP contribution in [0.4, 0.5) is 22.7 Å². The molecule has 0 atom stereocenters. The highest BCUT2D eigenvalue weighted by Gasteiger charge is 2.35. The first kappa shape index (κ1) is 41.0. The minimum Gasteiger partial charge on any atom is -0.289 e. The molecule has 4 rings (SSSR count). The summed E-state index contributed by atoms with van der Waals surface area (Å²) in [5, 5.41) is 41.1. The molecule has 2 aliphatic carbocycles. The van der Waals surface area contributed by atoms with E-state index in [2.05, 4.69) is 20.5 Å². The Morgan fingerprint density at radius 2 is 0.778 bits per heavy atom. The van der Waals surface area contributed by atoms with Crippen LogP contribution in [-0.4, -0.2) is 21.4 Å². The van der Waals surface area contributed by atoms with Crippen LogP contribution in [0.1, 0.15) is 83.1 Å². The monoisotopic (exact) mass is 732 g/mol. The lowest BCUT2D eigenvalue weighted by Gasteiger charge is -2.31. The maximum Gasteiger partial charge on any atom is 0.279 e. The number of rotatable bonds is 7. The van der Waals surface area contributed by atoms with E-state index < -0.39 is 42.9 Å². The number of azo groups is 2. The van der Waals surface area contributed by atoms with Gasteiger partial charge in [0.25, 0.3) is 11.4 Å². The second-order valence-electron chi connectivity index (χ2n) is 17.5. The summed E-state index contributed by atoms with van der Waals surface area (Å²) in [6, 6.07) is 8.16. The lowest BCUT2D eigenvalue weighted by atomic mass is 9.72. The second-order valence-corrected chi connectivity index (χ2v) is 17.5. The van der Waals surface area contributed by atoms with Crippen LogP contribution in [0.2, 0.25) is 0 Å². The summed E-state index contributed by atoms with van der Waals surface area (Å²) >= 11 is 0. The molecule has 54 heavy (non-hydrogen) atoms. The van der Waals surface area contributed by atoms with Crippen LogP contribution in [-0.2, 0) is 9.59 Å². The topological polar surface area (TPSA) is 170 Å². The molecular formula is C42H48N6O6. The van der Waals surface area contributed by atoms with Crippen molar-refractivity contribution in [2.24, 2.45) is 42.1 Å². The van der Waals surface area contributed by atoms with Gasteiger partial charge in [0, 0.05) is 34.4 Å². The first-order valence-corrected chi connectivity index (χ1v) is 17.6. The predicted octanol–water partition coefficient (Wildman–Crippen LogP) is 12.2. The van der Waals surface area contributed by atoms with Gasteiger partial charge in [-0.1, -0.05) is 83.1 Å². The number of carbonyl (C=O) groups excluding carboxylic acids is 2. The number of allylic oxidation sites excluding steroid dienone is 10. The van der Waals surface area contributed by atoms with Gasteiger partial charge in [0.05, 0.1) is 44.7 Å². The Kier molecular flexibility index (Phi) is 11.3. The van der Waals surface area contributed by atoms with Crippen LogP contribution in [0.5, 0.6) is 0 Å². The molecule has 0 heterocycles. The molecule has 0 fully saturated rings. The van der Waals surface area contributed by atoms with Crippen molar-refractivity contribution >= 4 is 34.3 Å². The van der Waals surface area contributed by atoms with Crippen molar-refractivity contribution in [2.75, 3.05) is 0 Å². The Hall–Kier alpha value is -5.78. The van der Waals surface area contributed by atoms with Crippen molar-refractivity contribution < 1.29 is 19.4 Å². The van der Waals surface area contributed by atoms with E-state index in [4.69, 9.17) is 0 Å². The number of hydrogen-bond acceptors (Lipinski definition) is 10. The fraction of sp³-hybridized carbons (Fsp3) is 0.381. The third-order valence-corrected chi connectivity index (χ3v) is 8.86. The second kappa shape index (κ2) is 14.9. The van der Waals surface area contributed by atoms with Gasteiger partial charge in [-0.25, -0.2) is 0 Å². The summed E-state index contributed by atoms with van der Waals surface area (Å²) in [7, 11) is 0. The highest BCUT2D eigenvalue weighted by Crippen LogP contribution is 2.42. The van der Waals surface area contributed by atoms with Gasteiger partial charge in [-0.3, -0.25) is 29.8 Å². The number of hydrogen-bond donors (Lipinski definition) is 0. The van der Waals surface area contributed by atoms with Crippen molar-refractivity contribution in [3.05, 3.63) is 127 Å². The lowest BCUT2D eigenvalue weighted by molar-refractivity contribution is -0.386. The Balaban J connectivity index is 1.68. The highest BCUT2D eigenvalue weighted by atomic mass is 16.6. The van der Waals surface area contributed by atoms with Crippen LogP contribution >= 0.6 is 0 Å². The van der Waals surface area contributed by atoms with E-state index in [0.29, 0.717) is 33.4 Å². The van der Waals surface area contributed by atoms with Crippen LogP contribution < -0.4 is 0 Å². The molecule has 0 aliphatic heterocycles. The molecule has 12 nitrogen and oxygen atoms in total. The van der Waals surface area contributed by atoms with E-state index >= 15 is 0 Å². The summed E-state index contributed by atoms with van der Waals surface area (Å²) in [6.07, 6.45) is 10.1. The fourth-order valence-corrected chi connectivity index (χ4v) is 5.93. The molecule has 2 aromatic carbocycles. The normalized spacial score (nSPS) is 16.0. The number of nitrogens with zero attached hydrogens (tertiary/aromatic N) is 6. The van der Waals surface area contributed by atoms with E-state index in [1.165, 1.54) is 48.8 Å². The molecule has 0 N–H and O–H groups in total. The SMILES string of the molecule is CC(C)(C)C1=CC(=C/N=N/c2ccc(-c3ccc(/N=N/C=C4C=C(C(C)(C)C)C(=O)C(C(C)(C)C)=C4)cc3[N+](=O)[O-])c([N+](=O)[O-])c2)C=C(C(C)(C)C)C1=O. The Morgan fingerprint density at radius 1 is 0.500 bits per heavy atom. The van der Waals surface area contributed by atoms with Gasteiger partial charge >= 0.3 is 0 Å². The summed E-state index contributed by atoms with van der Waals surface area (Å²) in [4.78, 5) is 49.7. The lowest BCUT2D eigenvalue weighted by Crippen LogP contribution is -2.27. The zero-order valence-electron chi connectivity index (χ0n) is 33.1. The summed E-state index contributed by atoms with van der Waals surface area (Å²) < 4.78 is 0. The third kappa shape index (κ3) is 9.41. The van der Waals surface area contributed by atoms with Crippen LogP contribution in [0.3, 0.4) is 0 Å². The maximum absolute atomic E-state index is 13.2. The number of nitro groups is 2. The molecule has 0 bridgehead atoms. The van der Waals surface area contributed by atoms with E-state index in [1.54, 1.807) is 24.3 Å². The molecule has 12 heteroatoms. The summed E-state index contributed by atoms with van der Waals surface area (Å²) in [5.74, 6) is -0.0365. The molecule has 0 spiro atoms. The van der Waals surface area contributed by atoms with E-state index in [9.17, 15) is 29.8 Å². The van der Waals surface area contributed by atoms with Gasteiger partial charge in [0.2, 0.25) is 0 Å². The fourth-order valence-electron chi connectivity index (χ4n) is 5.93. The summed E-state index contributed by atoms with van der Waals surface area (Å²) in [5.41, 5.74) is 1.81. The average molecular weight is 733 g/mol. The number of nitro benzene ring substituents is 2. The number of ketones is 2. The van der Waals surface area contributed by atoms with Gasteiger partial charge in [-0.05, 0) is 81.4 Å². The van der Waals surface area contributed by atoms with Crippen LogP contribution in [0.15, 0.2) is 127 Å². The quantitative estimate of drug-likeness (QED) is 0.156. The standard InChI is InChI=1S/C42H48N6O6/c1-39(2,3)31-17-25(18-32(37(31)49)40(4,5)6)23-43-45-27-13-15-29(35(21-27)47(51)52)30-16-14-28(22-36(30)48(53)54)46-44-24-26-19-33(41(7,8)9)38(50)34(20-26)42(10,11)12/h13-24H,1-12H3/b45-43+,46-44+. The van der Waals surface area contributed by atoms with Crippen LogP contribution in [0, 0.1) is 41.9 Å². The molecule has 0 aromatic heterocycles. The predicted molar refractivity (Wildman–Crippen MR) is 211 cm³/mol. The van der Waals surface area contributed by atoms with Crippen molar-refractivity contribution in [3.63, 3.8) is 0 Å². The Labute approximate surface area is 316 Å². The smallest absolute Gasteiger partial charge is 0.279 e. The first-order valence-electron chi connectivity index (χ1n) is 17.6. The van der Waals surface area contributed by atoms with Crippen molar-refractivity contribution in [3.8, 4) is 11.1 Å². The minimum atomic E-state index is -0.632. The summed E-state index contributed by atoms with van der Waals surface area (Å²) in [6.45, 7) is 23.6. The zero-order valence-corrected chi connectivity index (χ0v) is 33.1. The number of Topliss-reactive ketones (excluding diaryl/α,β-unsaturated/α-hetero) is 2. The molecular weight excluding hydrogens is 684 g/mol. The van der Waals surface area contributed by atoms with Crippen molar-refractivity contribution in [1.29, 1.82) is 0 Å². The molecule has 2 aliphatic rings. The van der Waals surface area contributed by atoms with Gasteiger partial charge in [0.1, 0.15) is 0 Å². The average Bonchev–Trinajstić information content (AvgIpc) is 3.03. The molecule has 2 aromatic rings. The van der Waals surface area contributed by atoms with Crippen LogP contribution in [0.25, 0.3) is 11.1 Å². The largest absolute Gasteiger partial charge is 0.289 e. The van der Waals surface area contributed by atoms with Crippen molar-refractivity contribution in [1.82, 2.24) is 0 Å². The third-order valence-electron chi connectivity index (χ3n) is 8.86. The molecule has 0 saturated heterocycles. The van der Waals surface area contributed by atoms with Gasteiger partial charge in [-0.2, -0.15) is 20.5 Å². The van der Waals surface area contributed by atoms with E-state index in [0.717, 1.165) is 0 Å². The van der Waals surface area contributed by atoms with E-state index in [-0.39, 0.29) is 34.1 Å². The highest BCUT2D eigenvalue weighted by molar-refractivity contribution is 6.12. The molecule has 0 radical (unpaired) electrons. The van der Waals surface area contributed by atoms with E-state index in [1.807, 2.05) is 83.1 Å². The Morgan fingerprint density at radius 3 is 1.02 bits per heavy atom. The minimum absolute atomic E-state index is 0.0162. The van der Waals surface area contributed by atoms with Crippen molar-refractivity contribution in [2.45, 2.75) is 83.1 Å². The first-order chi connectivity index (χ1) is 24.8. The molecule has 0 unspecified atom stereocenters. The number of benzene rings is 2.